The summed E-state index contributed by atoms with van der Waals surface area (Å²) in [4.78, 5) is 10.5. The van der Waals surface area contributed by atoms with Crippen LogP contribution in [0.15, 0.2) is 10.7 Å². The van der Waals surface area contributed by atoms with Crippen LogP contribution in [0.2, 0.25) is 0 Å². The fraction of sp³-hybridized carbons (Fsp3) is 0.400. The van der Waals surface area contributed by atoms with Crippen molar-refractivity contribution in [3.63, 3.8) is 0 Å². The van der Waals surface area contributed by atoms with Gasteiger partial charge in [-0.2, -0.15) is 0 Å². The molecular weight excluding hydrogens is 188 g/mol. The van der Waals surface area contributed by atoms with Crippen LogP contribution in [0.25, 0.3) is 0 Å². The lowest BCUT2D eigenvalue weighted by atomic mass is 10.6. The number of hydrogen-bond acceptors (Lipinski definition) is 3. The smallest absolute Gasteiger partial charge is 0.348 e. The van der Waals surface area contributed by atoms with E-state index in [1.807, 2.05) is 0 Å². The van der Waals surface area contributed by atoms with Crippen molar-refractivity contribution in [3.05, 3.63) is 10.7 Å². The summed E-state index contributed by atoms with van der Waals surface area (Å²) in [5.74, 6) is -0.447. The van der Waals surface area contributed by atoms with E-state index < -0.39 is 5.97 Å². The van der Waals surface area contributed by atoms with E-state index in [-0.39, 0.29) is 4.48 Å². The first-order valence-corrected chi connectivity index (χ1v) is 2.98. The molecule has 0 saturated carbocycles. The standard InChI is InChI=1S/C5H7BrO3/c1-8-3-4(6)5(7)9-2/h3H,1-2H3/b4-3-. The molecule has 0 rings (SSSR count). The third-order valence-electron chi connectivity index (χ3n) is 0.602. The number of esters is 1. The van der Waals surface area contributed by atoms with Gasteiger partial charge in [-0.15, -0.1) is 0 Å². The third-order valence-corrected chi connectivity index (χ3v) is 1.11. The molecule has 0 aromatic heterocycles. The summed E-state index contributed by atoms with van der Waals surface area (Å²) >= 11 is 2.93. The number of rotatable bonds is 2. The Bertz CT molecular complexity index is 130. The van der Waals surface area contributed by atoms with Gasteiger partial charge in [-0.1, -0.05) is 0 Å². The fourth-order valence-corrected chi connectivity index (χ4v) is 0.598. The average molecular weight is 195 g/mol. The van der Waals surface area contributed by atoms with Crippen molar-refractivity contribution < 1.29 is 14.3 Å². The zero-order chi connectivity index (χ0) is 7.28. The molecule has 0 atom stereocenters. The molecule has 0 unspecified atom stereocenters. The summed E-state index contributed by atoms with van der Waals surface area (Å²) in [7, 11) is 2.75. The van der Waals surface area contributed by atoms with Crippen LogP contribution in [0.1, 0.15) is 0 Å². The highest BCUT2D eigenvalue weighted by atomic mass is 79.9. The minimum atomic E-state index is -0.447. The summed E-state index contributed by atoms with van der Waals surface area (Å²) in [6.45, 7) is 0. The minimum absolute atomic E-state index is 0.271. The summed E-state index contributed by atoms with van der Waals surface area (Å²) in [5.41, 5.74) is 0. The van der Waals surface area contributed by atoms with Crippen LogP contribution < -0.4 is 0 Å². The third kappa shape index (κ3) is 3.13. The maximum Gasteiger partial charge on any atom is 0.348 e. The first-order valence-electron chi connectivity index (χ1n) is 2.19. The largest absolute Gasteiger partial charge is 0.503 e. The molecule has 0 fully saturated rings. The van der Waals surface area contributed by atoms with Gasteiger partial charge >= 0.3 is 5.97 Å². The van der Waals surface area contributed by atoms with Crippen LogP contribution in [0.3, 0.4) is 0 Å². The van der Waals surface area contributed by atoms with Crippen molar-refractivity contribution in [2.75, 3.05) is 14.2 Å². The first kappa shape index (κ1) is 8.49. The highest BCUT2D eigenvalue weighted by Gasteiger charge is 2.03. The molecule has 0 amide bonds. The Kier molecular flexibility index (Phi) is 4.13. The maximum atomic E-state index is 10.5. The molecule has 0 bridgehead atoms. The number of halogens is 1. The summed E-state index contributed by atoms with van der Waals surface area (Å²) in [6.07, 6.45) is 1.26. The number of methoxy groups -OCH3 is 2. The number of carbonyl (C=O) groups is 1. The molecule has 0 aliphatic rings. The van der Waals surface area contributed by atoms with Gasteiger partial charge in [0.15, 0.2) is 0 Å². The predicted octanol–water partition coefficient (Wildman–Crippen LogP) is 1.04. The lowest BCUT2D eigenvalue weighted by molar-refractivity contribution is -0.135. The van der Waals surface area contributed by atoms with E-state index >= 15 is 0 Å². The Labute approximate surface area is 61.8 Å². The molecule has 0 N–H and O–H groups in total. The van der Waals surface area contributed by atoms with Crippen LogP contribution in [0.4, 0.5) is 0 Å². The molecule has 0 aromatic rings. The predicted molar refractivity (Wildman–Crippen MR) is 36.0 cm³/mol. The molecule has 0 aliphatic carbocycles. The molecule has 0 radical (unpaired) electrons. The molecule has 52 valence electrons. The topological polar surface area (TPSA) is 35.5 Å². The second-order valence-corrected chi connectivity index (χ2v) is 2.05. The van der Waals surface area contributed by atoms with Crippen LogP contribution in [-0.4, -0.2) is 20.2 Å². The SMILES string of the molecule is CO/C=C(\Br)C(=O)OC. The van der Waals surface area contributed by atoms with E-state index in [1.165, 1.54) is 20.5 Å². The fourth-order valence-electron chi connectivity index (χ4n) is 0.249. The molecular formula is C5H7BrO3. The van der Waals surface area contributed by atoms with Gasteiger partial charge in [0.2, 0.25) is 0 Å². The Hall–Kier alpha value is -0.510. The molecule has 9 heavy (non-hydrogen) atoms. The van der Waals surface area contributed by atoms with Crippen LogP contribution in [0, 0.1) is 0 Å². The van der Waals surface area contributed by atoms with Crippen LogP contribution >= 0.6 is 15.9 Å². The van der Waals surface area contributed by atoms with Crippen molar-refractivity contribution >= 4 is 21.9 Å². The molecule has 0 spiro atoms. The lowest BCUT2D eigenvalue weighted by Gasteiger charge is -1.94. The molecule has 3 nitrogen and oxygen atoms in total. The van der Waals surface area contributed by atoms with Gasteiger partial charge in [0.1, 0.15) is 10.7 Å². The Balaban J connectivity index is 3.86. The molecule has 4 heteroatoms. The zero-order valence-electron chi connectivity index (χ0n) is 5.18. The van der Waals surface area contributed by atoms with Crippen LogP contribution in [-0.2, 0) is 14.3 Å². The van der Waals surface area contributed by atoms with E-state index in [0.29, 0.717) is 0 Å². The van der Waals surface area contributed by atoms with Gasteiger partial charge < -0.3 is 9.47 Å². The number of carbonyl (C=O) groups excluding carboxylic acids is 1. The van der Waals surface area contributed by atoms with Gasteiger partial charge in [-0.3, -0.25) is 0 Å². The second kappa shape index (κ2) is 4.38. The Morgan fingerprint density at radius 3 is 2.44 bits per heavy atom. The van der Waals surface area contributed by atoms with E-state index in [2.05, 4.69) is 25.4 Å². The summed E-state index contributed by atoms with van der Waals surface area (Å²) in [5, 5.41) is 0. The van der Waals surface area contributed by atoms with Crippen molar-refractivity contribution in [3.8, 4) is 0 Å². The second-order valence-electron chi connectivity index (χ2n) is 1.19. The lowest BCUT2D eigenvalue weighted by Crippen LogP contribution is -1.99. The Morgan fingerprint density at radius 1 is 1.56 bits per heavy atom. The van der Waals surface area contributed by atoms with Gasteiger partial charge in [0.05, 0.1) is 14.2 Å². The molecule has 0 heterocycles. The van der Waals surface area contributed by atoms with Crippen LogP contribution in [0.5, 0.6) is 0 Å². The van der Waals surface area contributed by atoms with Crippen molar-refractivity contribution in [1.29, 1.82) is 0 Å². The monoisotopic (exact) mass is 194 g/mol. The van der Waals surface area contributed by atoms with Gasteiger partial charge in [-0.05, 0) is 15.9 Å². The van der Waals surface area contributed by atoms with Crippen molar-refractivity contribution in [2.45, 2.75) is 0 Å². The molecule has 0 saturated heterocycles. The first-order chi connectivity index (χ1) is 4.22. The molecule has 0 aromatic carbocycles. The zero-order valence-corrected chi connectivity index (χ0v) is 6.77. The minimum Gasteiger partial charge on any atom is -0.503 e. The highest BCUT2D eigenvalue weighted by Crippen LogP contribution is 2.05. The van der Waals surface area contributed by atoms with Crippen molar-refractivity contribution in [2.24, 2.45) is 0 Å². The van der Waals surface area contributed by atoms with Crippen molar-refractivity contribution in [1.82, 2.24) is 0 Å². The quantitative estimate of drug-likeness (QED) is 0.375. The molecule has 0 aliphatic heterocycles. The van der Waals surface area contributed by atoms with Gasteiger partial charge in [0, 0.05) is 0 Å². The van der Waals surface area contributed by atoms with E-state index in [9.17, 15) is 4.79 Å². The normalized spacial score (nSPS) is 10.8. The summed E-state index contributed by atoms with van der Waals surface area (Å²) in [6, 6.07) is 0. The highest BCUT2D eigenvalue weighted by molar-refractivity contribution is 9.12. The van der Waals surface area contributed by atoms with E-state index in [4.69, 9.17) is 0 Å². The average Bonchev–Trinajstić information content (AvgIpc) is 1.87. The van der Waals surface area contributed by atoms with Gasteiger partial charge in [-0.25, -0.2) is 4.79 Å². The van der Waals surface area contributed by atoms with E-state index in [1.54, 1.807) is 0 Å². The van der Waals surface area contributed by atoms with E-state index in [0.717, 1.165) is 0 Å². The number of hydrogen-bond donors (Lipinski definition) is 0. The van der Waals surface area contributed by atoms with Gasteiger partial charge in [0.25, 0.3) is 0 Å². The number of ether oxygens (including phenoxy) is 2. The Morgan fingerprint density at radius 2 is 2.11 bits per heavy atom. The maximum absolute atomic E-state index is 10.5. The summed E-state index contributed by atoms with van der Waals surface area (Å²) < 4.78 is 9.12.